The number of aromatic nitrogens is 1. The molecule has 4 aromatic carbocycles. The number of hydrogen-bond acceptors (Lipinski definition) is 5. The number of carboxylic acids is 1. The third kappa shape index (κ3) is 6.20. The number of rotatable bonds is 10. The smallest absolute Gasteiger partial charge is 0.311 e. The fraction of sp³-hybridized carbons (Fsp3) is 0.0938. The second-order valence-electron chi connectivity index (χ2n) is 9.48. The van der Waals surface area contributed by atoms with Crippen LogP contribution in [0.4, 0.5) is 5.69 Å². The van der Waals surface area contributed by atoms with Gasteiger partial charge in [0.2, 0.25) is 0 Å². The molecule has 1 atom stereocenters. The molecule has 0 unspecified atom stereocenters. The van der Waals surface area contributed by atoms with E-state index >= 15 is 0 Å². The first-order valence-corrected chi connectivity index (χ1v) is 12.9. The number of non-ortho nitro benzene ring substituents is 1. The van der Waals surface area contributed by atoms with Crippen LogP contribution >= 0.6 is 0 Å². The van der Waals surface area contributed by atoms with E-state index in [0.717, 1.165) is 16.5 Å². The molecule has 0 fully saturated rings. The van der Waals surface area contributed by atoms with Gasteiger partial charge in [-0.3, -0.25) is 19.7 Å². The molecule has 2 N–H and O–H groups in total. The van der Waals surface area contributed by atoms with Gasteiger partial charge in [-0.25, -0.2) is 5.43 Å². The molecule has 0 saturated carbocycles. The number of hydrazone groups is 1. The molecule has 5 rings (SSSR count). The van der Waals surface area contributed by atoms with Gasteiger partial charge in [0.25, 0.3) is 11.6 Å². The summed E-state index contributed by atoms with van der Waals surface area (Å²) in [5.41, 5.74) is 6.25. The molecule has 0 bridgehead atoms. The number of amides is 1. The van der Waals surface area contributed by atoms with Gasteiger partial charge in [-0.05, 0) is 34.9 Å². The molecular formula is C32H26N4O5. The molecule has 1 aromatic heterocycles. The number of benzene rings is 4. The fourth-order valence-corrected chi connectivity index (χ4v) is 4.76. The highest BCUT2D eigenvalue weighted by atomic mass is 16.6. The normalized spacial score (nSPS) is 12.1. The molecule has 1 amide bonds. The molecule has 9 nitrogen and oxygen atoms in total. The van der Waals surface area contributed by atoms with Crippen LogP contribution in [-0.4, -0.2) is 32.2 Å². The number of carbonyl (C=O) groups excluding carboxylic acids is 1. The molecule has 0 saturated heterocycles. The number of nitro groups is 1. The number of fused-ring (bicyclic) bond motifs is 1. The average Bonchev–Trinajstić information content (AvgIpc) is 3.35. The van der Waals surface area contributed by atoms with Crippen molar-refractivity contribution in [2.75, 3.05) is 0 Å². The molecule has 204 valence electrons. The fourth-order valence-electron chi connectivity index (χ4n) is 4.76. The number of para-hydroxylation sites is 1. The number of hydrogen-bond donors (Lipinski definition) is 2. The summed E-state index contributed by atoms with van der Waals surface area (Å²) in [6.07, 6.45) is 1.90. The van der Waals surface area contributed by atoms with E-state index in [0.29, 0.717) is 23.4 Å². The van der Waals surface area contributed by atoms with Gasteiger partial charge in [-0.1, -0.05) is 78.9 Å². The second-order valence-corrected chi connectivity index (χ2v) is 9.48. The minimum absolute atomic E-state index is 0.0131. The van der Waals surface area contributed by atoms with Crippen LogP contribution in [0.5, 0.6) is 0 Å². The van der Waals surface area contributed by atoms with Gasteiger partial charge >= 0.3 is 5.97 Å². The molecule has 1 heterocycles. The summed E-state index contributed by atoms with van der Waals surface area (Å²) in [5.74, 6) is -2.54. The second kappa shape index (κ2) is 12.1. The molecule has 0 radical (unpaired) electrons. The van der Waals surface area contributed by atoms with Gasteiger partial charge < -0.3 is 9.67 Å². The minimum Gasteiger partial charge on any atom is -0.481 e. The molecule has 5 aromatic rings. The van der Waals surface area contributed by atoms with Crippen molar-refractivity contribution in [3.05, 3.63) is 148 Å². The Morgan fingerprint density at radius 2 is 1.49 bits per heavy atom. The zero-order chi connectivity index (χ0) is 28.8. The summed E-state index contributed by atoms with van der Waals surface area (Å²) in [5, 5.41) is 26.5. The SMILES string of the molecule is O=C(NN=C(C[C@H](C(=O)O)c1cn(Cc2ccccc2)c2ccccc12)c1ccccc1)c1ccc([N+](=O)[O-])cc1. The van der Waals surface area contributed by atoms with Crippen LogP contribution in [0, 0.1) is 10.1 Å². The van der Waals surface area contributed by atoms with E-state index in [2.05, 4.69) is 10.5 Å². The minimum atomic E-state index is -1.02. The first-order chi connectivity index (χ1) is 19.9. The van der Waals surface area contributed by atoms with Crippen molar-refractivity contribution in [1.29, 1.82) is 0 Å². The Kier molecular flexibility index (Phi) is 7.96. The van der Waals surface area contributed by atoms with Gasteiger partial charge in [-0.2, -0.15) is 5.10 Å². The van der Waals surface area contributed by atoms with Crippen LogP contribution in [0.3, 0.4) is 0 Å². The zero-order valence-electron chi connectivity index (χ0n) is 21.9. The van der Waals surface area contributed by atoms with Crippen LogP contribution in [0.1, 0.15) is 39.4 Å². The summed E-state index contributed by atoms with van der Waals surface area (Å²) >= 11 is 0. The van der Waals surface area contributed by atoms with Crippen molar-refractivity contribution < 1.29 is 19.6 Å². The van der Waals surface area contributed by atoms with Crippen molar-refractivity contribution in [2.24, 2.45) is 5.10 Å². The van der Waals surface area contributed by atoms with Gasteiger partial charge in [0, 0.05) is 47.8 Å². The molecule has 0 aliphatic rings. The Bertz CT molecular complexity index is 1730. The summed E-state index contributed by atoms with van der Waals surface area (Å²) in [4.78, 5) is 35.9. The van der Waals surface area contributed by atoms with Crippen LogP contribution < -0.4 is 5.43 Å². The average molecular weight is 547 g/mol. The number of carboxylic acid groups (broad SMARTS) is 1. The lowest BCUT2D eigenvalue weighted by Gasteiger charge is -2.14. The maximum Gasteiger partial charge on any atom is 0.311 e. The van der Waals surface area contributed by atoms with E-state index in [1.54, 1.807) is 12.1 Å². The lowest BCUT2D eigenvalue weighted by molar-refractivity contribution is -0.384. The van der Waals surface area contributed by atoms with Gasteiger partial charge in [-0.15, -0.1) is 0 Å². The summed E-state index contributed by atoms with van der Waals surface area (Å²) in [7, 11) is 0. The van der Waals surface area contributed by atoms with Crippen LogP contribution in [-0.2, 0) is 11.3 Å². The Hall–Kier alpha value is -5.57. The van der Waals surface area contributed by atoms with Crippen molar-refractivity contribution >= 4 is 34.2 Å². The van der Waals surface area contributed by atoms with E-state index in [9.17, 15) is 24.8 Å². The number of carbonyl (C=O) groups is 2. The van der Waals surface area contributed by atoms with Gasteiger partial charge in [0.1, 0.15) is 0 Å². The monoisotopic (exact) mass is 546 g/mol. The Balaban J connectivity index is 1.48. The van der Waals surface area contributed by atoms with Crippen molar-refractivity contribution in [2.45, 2.75) is 18.9 Å². The summed E-state index contributed by atoms with van der Waals surface area (Å²) in [6.45, 7) is 0.582. The standard InChI is InChI=1S/C32H26N4O5/c37-31(24-15-17-25(18-16-24)36(40)41)34-33-29(23-11-5-2-6-12-23)19-27(32(38)39)28-21-35(20-22-9-3-1-4-10-22)30-14-8-7-13-26(28)30/h1-18,21,27H,19-20H2,(H,34,37)(H,38,39)/t27-/m0/s1. The zero-order valence-corrected chi connectivity index (χ0v) is 21.9. The van der Waals surface area contributed by atoms with E-state index in [4.69, 9.17) is 0 Å². The van der Waals surface area contributed by atoms with Gasteiger partial charge in [0.05, 0.1) is 16.6 Å². The van der Waals surface area contributed by atoms with Gasteiger partial charge in [0.15, 0.2) is 0 Å². The van der Waals surface area contributed by atoms with Crippen molar-refractivity contribution in [3.8, 4) is 0 Å². The Morgan fingerprint density at radius 1 is 0.854 bits per heavy atom. The highest BCUT2D eigenvalue weighted by molar-refractivity contribution is 6.05. The maximum absolute atomic E-state index is 12.8. The van der Waals surface area contributed by atoms with E-state index in [-0.39, 0.29) is 17.7 Å². The molecular weight excluding hydrogens is 520 g/mol. The highest BCUT2D eigenvalue weighted by Crippen LogP contribution is 2.32. The van der Waals surface area contributed by atoms with Crippen LogP contribution in [0.2, 0.25) is 0 Å². The molecule has 0 spiro atoms. The first-order valence-electron chi connectivity index (χ1n) is 12.9. The lowest BCUT2D eigenvalue weighted by atomic mass is 9.91. The third-order valence-corrected chi connectivity index (χ3v) is 6.83. The predicted molar refractivity (Wildman–Crippen MR) is 156 cm³/mol. The van der Waals surface area contributed by atoms with Crippen molar-refractivity contribution in [1.82, 2.24) is 9.99 Å². The molecule has 9 heteroatoms. The third-order valence-electron chi connectivity index (χ3n) is 6.83. The Labute approximate surface area is 235 Å². The number of aliphatic carboxylic acids is 1. The highest BCUT2D eigenvalue weighted by Gasteiger charge is 2.27. The lowest BCUT2D eigenvalue weighted by Crippen LogP contribution is -2.23. The summed E-state index contributed by atoms with van der Waals surface area (Å²) < 4.78 is 2.05. The summed E-state index contributed by atoms with van der Waals surface area (Å²) in [6, 6.07) is 31.8. The molecule has 0 aliphatic carbocycles. The van der Waals surface area contributed by atoms with E-state index < -0.39 is 22.7 Å². The number of nitrogens with one attached hydrogen (secondary N) is 1. The van der Waals surface area contributed by atoms with Crippen LogP contribution in [0.25, 0.3) is 10.9 Å². The van der Waals surface area contributed by atoms with Crippen LogP contribution in [0.15, 0.2) is 120 Å². The molecule has 41 heavy (non-hydrogen) atoms. The number of nitrogens with zero attached hydrogens (tertiary/aromatic N) is 3. The number of nitro benzene ring substituents is 1. The maximum atomic E-state index is 12.8. The molecule has 0 aliphatic heterocycles. The predicted octanol–water partition coefficient (Wildman–Crippen LogP) is 5.99. The van der Waals surface area contributed by atoms with E-state index in [1.807, 2.05) is 83.6 Å². The largest absolute Gasteiger partial charge is 0.481 e. The first kappa shape index (κ1) is 27.0. The quantitative estimate of drug-likeness (QED) is 0.126. The topological polar surface area (TPSA) is 127 Å². The Morgan fingerprint density at radius 3 is 2.15 bits per heavy atom. The van der Waals surface area contributed by atoms with E-state index in [1.165, 1.54) is 24.3 Å². The van der Waals surface area contributed by atoms with Crippen molar-refractivity contribution in [3.63, 3.8) is 0 Å².